The zero-order valence-electron chi connectivity index (χ0n) is 14.3. The number of anilines is 5. The molecule has 1 saturated heterocycles. The fourth-order valence-electron chi connectivity index (χ4n) is 3.19. The summed E-state index contributed by atoms with van der Waals surface area (Å²) in [5, 5.41) is 6.78. The van der Waals surface area contributed by atoms with Crippen LogP contribution in [0.15, 0.2) is 42.5 Å². The Hall–Kier alpha value is -2.40. The lowest BCUT2D eigenvalue weighted by atomic mass is 10.2. The molecule has 2 aromatic rings. The van der Waals surface area contributed by atoms with Gasteiger partial charge < -0.3 is 22.1 Å². The van der Waals surface area contributed by atoms with Gasteiger partial charge in [0.25, 0.3) is 0 Å². The second-order valence-corrected chi connectivity index (χ2v) is 6.50. The van der Waals surface area contributed by atoms with E-state index in [1.165, 1.54) is 19.4 Å². The van der Waals surface area contributed by atoms with E-state index in [1.54, 1.807) is 0 Å². The van der Waals surface area contributed by atoms with Crippen LogP contribution in [0.25, 0.3) is 0 Å². The van der Waals surface area contributed by atoms with Gasteiger partial charge in [0.05, 0.1) is 11.4 Å². The van der Waals surface area contributed by atoms with Gasteiger partial charge in [-0.2, -0.15) is 0 Å². The predicted octanol–water partition coefficient (Wildman–Crippen LogP) is 3.49. The van der Waals surface area contributed by atoms with Gasteiger partial charge in [-0.15, -0.1) is 0 Å². The van der Waals surface area contributed by atoms with E-state index in [0.29, 0.717) is 6.04 Å². The Morgan fingerprint density at radius 1 is 1.08 bits per heavy atom. The predicted molar refractivity (Wildman–Crippen MR) is 104 cm³/mol. The summed E-state index contributed by atoms with van der Waals surface area (Å²) in [5.74, 6) is 0. The maximum Gasteiger partial charge on any atom is 0.0575 e. The highest BCUT2D eigenvalue weighted by molar-refractivity contribution is 5.74. The third kappa shape index (κ3) is 4.11. The molecule has 1 unspecified atom stereocenters. The van der Waals surface area contributed by atoms with Crippen LogP contribution >= 0.6 is 0 Å². The molecular weight excluding hydrogens is 298 g/mol. The average molecular weight is 325 g/mol. The molecule has 24 heavy (non-hydrogen) atoms. The smallest absolute Gasteiger partial charge is 0.0575 e. The van der Waals surface area contributed by atoms with Gasteiger partial charge in [-0.3, -0.25) is 4.90 Å². The Balaban J connectivity index is 1.55. The molecule has 2 aromatic carbocycles. The Labute approximate surface area is 144 Å². The molecule has 5 heteroatoms. The van der Waals surface area contributed by atoms with E-state index in [-0.39, 0.29) is 0 Å². The number of hydrogen-bond acceptors (Lipinski definition) is 5. The van der Waals surface area contributed by atoms with E-state index < -0.39 is 0 Å². The average Bonchev–Trinajstić information content (AvgIpc) is 2.97. The molecule has 0 bridgehead atoms. The second-order valence-electron chi connectivity index (χ2n) is 6.50. The van der Waals surface area contributed by atoms with E-state index in [2.05, 4.69) is 22.5 Å². The van der Waals surface area contributed by atoms with Crippen LogP contribution in [0.2, 0.25) is 0 Å². The van der Waals surface area contributed by atoms with Crippen molar-refractivity contribution in [2.24, 2.45) is 0 Å². The van der Waals surface area contributed by atoms with Crippen molar-refractivity contribution in [3.8, 4) is 0 Å². The molecular formula is C19H27N5. The Bertz CT molecular complexity index is 668. The van der Waals surface area contributed by atoms with Crippen molar-refractivity contribution in [1.29, 1.82) is 0 Å². The van der Waals surface area contributed by atoms with E-state index in [1.807, 2.05) is 42.5 Å². The molecule has 0 spiro atoms. The maximum absolute atomic E-state index is 6.18. The van der Waals surface area contributed by atoms with Crippen molar-refractivity contribution in [3.05, 3.63) is 42.5 Å². The first kappa shape index (κ1) is 16.5. The van der Waals surface area contributed by atoms with Crippen LogP contribution in [0.4, 0.5) is 28.4 Å². The first-order valence-corrected chi connectivity index (χ1v) is 8.62. The van der Waals surface area contributed by atoms with E-state index in [9.17, 15) is 0 Å². The molecule has 3 rings (SSSR count). The summed E-state index contributed by atoms with van der Waals surface area (Å²) in [6.45, 7) is 5.49. The van der Waals surface area contributed by atoms with Crippen LogP contribution in [0.5, 0.6) is 0 Å². The normalized spacial score (nSPS) is 17.8. The Kier molecular flexibility index (Phi) is 5.11. The number of nitrogen functional groups attached to an aromatic ring is 2. The molecule has 128 valence electrons. The van der Waals surface area contributed by atoms with E-state index >= 15 is 0 Å². The lowest BCUT2D eigenvalue weighted by Gasteiger charge is -2.21. The summed E-state index contributed by atoms with van der Waals surface area (Å²) < 4.78 is 0. The first-order chi connectivity index (χ1) is 11.6. The number of benzene rings is 2. The standard InChI is InChI=1S/C19H27N5/c1-14-3-2-11-24(14)12-10-22-19-9-8-17(13-18(19)21)23-16-6-4-15(20)5-7-16/h4-9,13-14,22-23H,2-3,10-12,20-21H2,1H3. The largest absolute Gasteiger partial charge is 0.399 e. The Morgan fingerprint density at radius 3 is 2.50 bits per heavy atom. The van der Waals surface area contributed by atoms with Crippen molar-refractivity contribution in [3.63, 3.8) is 0 Å². The number of nitrogens with one attached hydrogen (secondary N) is 2. The molecule has 0 saturated carbocycles. The summed E-state index contributed by atoms with van der Waals surface area (Å²) in [4.78, 5) is 2.53. The van der Waals surface area contributed by atoms with Crippen LogP contribution < -0.4 is 22.1 Å². The highest BCUT2D eigenvalue weighted by Crippen LogP contribution is 2.25. The van der Waals surface area contributed by atoms with E-state index in [4.69, 9.17) is 11.5 Å². The van der Waals surface area contributed by atoms with Gasteiger partial charge in [0, 0.05) is 36.2 Å². The summed E-state index contributed by atoms with van der Waals surface area (Å²) in [5.41, 5.74) is 16.4. The highest BCUT2D eigenvalue weighted by Gasteiger charge is 2.19. The van der Waals surface area contributed by atoms with Crippen LogP contribution in [0.1, 0.15) is 19.8 Å². The quantitative estimate of drug-likeness (QED) is 0.611. The number of rotatable bonds is 6. The molecule has 1 aliphatic rings. The van der Waals surface area contributed by atoms with Gasteiger partial charge in [0.15, 0.2) is 0 Å². The van der Waals surface area contributed by atoms with Crippen molar-refractivity contribution in [2.45, 2.75) is 25.8 Å². The maximum atomic E-state index is 6.18. The molecule has 0 aromatic heterocycles. The third-order valence-electron chi connectivity index (χ3n) is 4.66. The molecule has 0 radical (unpaired) electrons. The molecule has 5 nitrogen and oxygen atoms in total. The summed E-state index contributed by atoms with van der Waals surface area (Å²) >= 11 is 0. The van der Waals surface area contributed by atoms with E-state index in [0.717, 1.165) is 41.5 Å². The lowest BCUT2D eigenvalue weighted by molar-refractivity contribution is 0.279. The van der Waals surface area contributed by atoms with Gasteiger partial charge >= 0.3 is 0 Å². The summed E-state index contributed by atoms with van der Waals surface area (Å²) in [6.07, 6.45) is 2.63. The fraction of sp³-hybridized carbons (Fsp3) is 0.368. The molecule has 1 heterocycles. The molecule has 1 atom stereocenters. The monoisotopic (exact) mass is 325 g/mol. The topological polar surface area (TPSA) is 79.3 Å². The van der Waals surface area contributed by atoms with Gasteiger partial charge in [-0.05, 0) is 68.8 Å². The number of likely N-dealkylation sites (tertiary alicyclic amines) is 1. The highest BCUT2D eigenvalue weighted by atomic mass is 15.2. The lowest BCUT2D eigenvalue weighted by Crippen LogP contribution is -2.31. The van der Waals surface area contributed by atoms with Gasteiger partial charge in [0.1, 0.15) is 0 Å². The van der Waals surface area contributed by atoms with Crippen LogP contribution in [-0.4, -0.2) is 30.6 Å². The summed E-state index contributed by atoms with van der Waals surface area (Å²) in [6, 6.07) is 14.4. The third-order valence-corrected chi connectivity index (χ3v) is 4.66. The molecule has 1 aliphatic heterocycles. The van der Waals surface area contributed by atoms with Crippen LogP contribution in [-0.2, 0) is 0 Å². The minimum Gasteiger partial charge on any atom is -0.399 e. The number of nitrogens with zero attached hydrogens (tertiary/aromatic N) is 1. The number of nitrogens with two attached hydrogens (primary N) is 2. The van der Waals surface area contributed by atoms with Crippen LogP contribution in [0, 0.1) is 0 Å². The molecule has 6 N–H and O–H groups in total. The minimum absolute atomic E-state index is 0.704. The van der Waals surface area contributed by atoms with Crippen LogP contribution in [0.3, 0.4) is 0 Å². The zero-order valence-corrected chi connectivity index (χ0v) is 14.3. The number of hydrogen-bond donors (Lipinski definition) is 4. The van der Waals surface area contributed by atoms with Crippen molar-refractivity contribution >= 4 is 28.4 Å². The fourth-order valence-corrected chi connectivity index (χ4v) is 3.19. The van der Waals surface area contributed by atoms with Gasteiger partial charge in [0.2, 0.25) is 0 Å². The molecule has 0 aliphatic carbocycles. The molecule has 0 amide bonds. The Morgan fingerprint density at radius 2 is 1.83 bits per heavy atom. The minimum atomic E-state index is 0.704. The van der Waals surface area contributed by atoms with Crippen molar-refractivity contribution < 1.29 is 0 Å². The first-order valence-electron chi connectivity index (χ1n) is 8.62. The van der Waals surface area contributed by atoms with Crippen molar-refractivity contribution in [1.82, 2.24) is 4.90 Å². The zero-order chi connectivity index (χ0) is 16.9. The SMILES string of the molecule is CC1CCCN1CCNc1ccc(Nc2ccc(N)cc2)cc1N. The molecule has 1 fully saturated rings. The summed E-state index contributed by atoms with van der Waals surface area (Å²) in [7, 11) is 0. The second kappa shape index (κ2) is 7.45. The van der Waals surface area contributed by atoms with Gasteiger partial charge in [-0.1, -0.05) is 0 Å². The van der Waals surface area contributed by atoms with Gasteiger partial charge in [-0.25, -0.2) is 0 Å². The van der Waals surface area contributed by atoms with Crippen molar-refractivity contribution in [2.75, 3.05) is 41.7 Å².